The quantitative estimate of drug-likeness (QED) is 0.396. The molecule has 13 heteroatoms. The molecular formula is C4HF9LiO2S-. The number of hydrogen-bond acceptors (Lipinski definition) is 2. The maximum Gasteiger partial charge on any atom is 1.00 e. The molecule has 0 heterocycles. The van der Waals surface area contributed by atoms with Crippen LogP contribution in [0.3, 0.4) is 0 Å². The molecule has 2 nitrogen and oxygen atoms in total. The molecule has 0 aromatic rings. The van der Waals surface area contributed by atoms with Crippen LogP contribution in [0.2, 0.25) is 0 Å². The summed E-state index contributed by atoms with van der Waals surface area (Å²) in [6.45, 7) is 0. The van der Waals surface area contributed by atoms with E-state index in [-0.39, 0.29) is 20.3 Å². The fraction of sp³-hybridized carbons (Fsp3) is 1.00. The summed E-state index contributed by atoms with van der Waals surface area (Å²) in [5, 5.41) is -6.55. The van der Waals surface area contributed by atoms with Crippen molar-refractivity contribution in [3.63, 3.8) is 0 Å². The maximum atomic E-state index is 12.1. The molecule has 0 aliphatic carbocycles. The third-order valence-electron chi connectivity index (χ3n) is 1.33. The van der Waals surface area contributed by atoms with Crippen LogP contribution < -0.4 is 18.9 Å². The van der Waals surface area contributed by atoms with Crippen molar-refractivity contribution in [3.05, 3.63) is 0 Å². The van der Waals surface area contributed by atoms with Crippen LogP contribution in [0.25, 0.3) is 0 Å². The van der Waals surface area contributed by atoms with Crippen LogP contribution >= 0.6 is 0 Å². The molecule has 0 spiro atoms. The predicted octanol–water partition coefficient (Wildman–Crippen LogP) is -0.592. The first-order valence-corrected chi connectivity index (χ1v) is 4.06. The van der Waals surface area contributed by atoms with Gasteiger partial charge in [0.1, 0.15) is 0 Å². The molecule has 0 rings (SSSR count). The molecule has 0 radical (unpaired) electrons. The SMILES string of the molecule is O=S([O-])C(F)(F)C(F)(F)C(F)(F)C(F)(F)F.[H-].[Li+]. The molecule has 1 unspecified atom stereocenters. The van der Waals surface area contributed by atoms with Gasteiger partial charge in [-0.25, -0.2) is 0 Å². The molecule has 0 amide bonds. The fourth-order valence-electron chi connectivity index (χ4n) is 0.465. The smallest absolute Gasteiger partial charge is 1.00 e. The Morgan fingerprint density at radius 1 is 0.824 bits per heavy atom. The Balaban J connectivity index is -0.00000112. The van der Waals surface area contributed by atoms with Gasteiger partial charge < -0.3 is 5.98 Å². The largest absolute Gasteiger partial charge is 1.00 e. The molecule has 0 aromatic heterocycles. The van der Waals surface area contributed by atoms with Crippen LogP contribution in [0.4, 0.5) is 39.5 Å². The maximum absolute atomic E-state index is 12.1. The average Bonchev–Trinajstić information content (AvgIpc) is 2.00. The molecule has 0 bridgehead atoms. The molecule has 0 fully saturated rings. The first-order valence-electron chi connectivity index (χ1n) is 2.99. The Morgan fingerprint density at radius 2 is 1.12 bits per heavy atom. The van der Waals surface area contributed by atoms with Gasteiger partial charge in [-0.05, 0) is 0 Å². The third-order valence-corrected chi connectivity index (χ3v) is 2.00. The second-order valence-electron chi connectivity index (χ2n) is 2.40. The van der Waals surface area contributed by atoms with Crippen molar-refractivity contribution in [1.29, 1.82) is 0 Å². The Bertz CT molecular complexity index is 305. The third kappa shape index (κ3) is 2.91. The molecule has 0 saturated carbocycles. The molecule has 1 atom stereocenters. The zero-order valence-electron chi connectivity index (χ0n) is 8.63. The van der Waals surface area contributed by atoms with Gasteiger partial charge in [0, 0.05) is 11.1 Å². The van der Waals surface area contributed by atoms with Crippen molar-refractivity contribution in [3.8, 4) is 0 Å². The van der Waals surface area contributed by atoms with Gasteiger partial charge in [-0.15, -0.1) is 0 Å². The second kappa shape index (κ2) is 4.98. The Labute approximate surface area is 103 Å². The van der Waals surface area contributed by atoms with E-state index in [1.165, 1.54) is 0 Å². The van der Waals surface area contributed by atoms with Crippen LogP contribution in [0.1, 0.15) is 1.43 Å². The average molecular weight is 291 g/mol. The number of hydrogen-bond donors (Lipinski definition) is 0. The topological polar surface area (TPSA) is 40.1 Å². The molecule has 0 N–H and O–H groups in total. The van der Waals surface area contributed by atoms with Crippen LogP contribution in [0, 0.1) is 0 Å². The summed E-state index contributed by atoms with van der Waals surface area (Å²) >= 11 is -5.14. The van der Waals surface area contributed by atoms with Crippen molar-refractivity contribution in [2.45, 2.75) is 23.3 Å². The number of alkyl halides is 9. The van der Waals surface area contributed by atoms with Crippen LogP contribution in [0.5, 0.6) is 0 Å². The van der Waals surface area contributed by atoms with Gasteiger partial charge in [0.25, 0.3) is 0 Å². The molecule has 0 aliphatic heterocycles. The monoisotopic (exact) mass is 291 g/mol. The number of rotatable bonds is 3. The van der Waals surface area contributed by atoms with E-state index >= 15 is 0 Å². The Morgan fingerprint density at radius 3 is 1.29 bits per heavy atom. The minimum absolute atomic E-state index is 0. The first kappa shape index (κ1) is 19.4. The van der Waals surface area contributed by atoms with Crippen molar-refractivity contribution in [2.75, 3.05) is 0 Å². The van der Waals surface area contributed by atoms with Crippen molar-refractivity contribution in [2.24, 2.45) is 0 Å². The minimum Gasteiger partial charge on any atom is -1.00 e. The van der Waals surface area contributed by atoms with E-state index in [4.69, 9.17) is 0 Å². The van der Waals surface area contributed by atoms with E-state index in [0.29, 0.717) is 0 Å². The van der Waals surface area contributed by atoms with Gasteiger partial charge in [-0.2, -0.15) is 39.5 Å². The summed E-state index contributed by atoms with van der Waals surface area (Å²) < 4.78 is 125. The van der Waals surface area contributed by atoms with Gasteiger partial charge >= 0.3 is 42.1 Å². The van der Waals surface area contributed by atoms with Crippen molar-refractivity contribution < 1.29 is 68.6 Å². The van der Waals surface area contributed by atoms with Crippen molar-refractivity contribution >= 4 is 11.1 Å². The molecule has 0 aliphatic rings. The molecule has 100 valence electrons. The van der Waals surface area contributed by atoms with Gasteiger partial charge in [0.05, 0.1) is 0 Å². The molecule has 0 saturated heterocycles. The van der Waals surface area contributed by atoms with Gasteiger partial charge in [0.15, 0.2) is 0 Å². The van der Waals surface area contributed by atoms with E-state index in [0.717, 1.165) is 0 Å². The second-order valence-corrected chi connectivity index (χ2v) is 3.38. The standard InChI is InChI=1S/C4HF9O2S.Li.H/c5-1(6,3(9,10)11)2(7,8)4(12,13)16(14)15;;/h(H,14,15);;/q;+1;-1/p-1. The zero-order chi connectivity index (χ0) is 13.6. The van der Waals surface area contributed by atoms with Crippen LogP contribution in [0.15, 0.2) is 0 Å². The van der Waals surface area contributed by atoms with Crippen molar-refractivity contribution in [1.82, 2.24) is 0 Å². The van der Waals surface area contributed by atoms with E-state index in [2.05, 4.69) is 0 Å². The van der Waals surface area contributed by atoms with E-state index in [1.807, 2.05) is 0 Å². The molecule has 17 heavy (non-hydrogen) atoms. The van der Waals surface area contributed by atoms with Gasteiger partial charge in [0.2, 0.25) is 0 Å². The van der Waals surface area contributed by atoms with Gasteiger partial charge in [-0.1, -0.05) is 0 Å². The molecule has 0 aromatic carbocycles. The molecular weight excluding hydrogens is 290 g/mol. The summed E-state index contributed by atoms with van der Waals surface area (Å²) in [4.78, 5) is 0. The predicted molar refractivity (Wildman–Crippen MR) is 30.9 cm³/mol. The Hall–Kier alpha value is 0.0774. The van der Waals surface area contributed by atoms with Crippen LogP contribution in [-0.2, 0) is 11.1 Å². The minimum atomic E-state index is -7.18. The first-order chi connectivity index (χ1) is 6.69. The number of halogens is 9. The summed E-state index contributed by atoms with van der Waals surface area (Å²) in [5.74, 6) is -14.3. The summed E-state index contributed by atoms with van der Waals surface area (Å²) in [6, 6.07) is 0. The van der Waals surface area contributed by atoms with E-state index in [9.17, 15) is 48.3 Å². The summed E-state index contributed by atoms with van der Waals surface area (Å²) in [7, 11) is 0. The zero-order valence-corrected chi connectivity index (χ0v) is 8.44. The van der Waals surface area contributed by atoms with Gasteiger partial charge in [-0.3, -0.25) is 4.21 Å². The van der Waals surface area contributed by atoms with Crippen LogP contribution in [-0.4, -0.2) is 32.0 Å². The van der Waals surface area contributed by atoms with E-state index in [1.54, 1.807) is 0 Å². The Kier molecular flexibility index (Phi) is 5.69. The summed E-state index contributed by atoms with van der Waals surface area (Å²) in [6.07, 6.45) is -7.01. The fourth-order valence-corrected chi connectivity index (χ4v) is 0.803. The van der Waals surface area contributed by atoms with E-state index < -0.39 is 34.4 Å². The normalized spacial score (nSPS) is 16.4. The summed E-state index contributed by atoms with van der Waals surface area (Å²) in [5.41, 5.74) is 0.